The van der Waals surface area contributed by atoms with E-state index in [1.165, 1.54) is 28.2 Å². The van der Waals surface area contributed by atoms with Gasteiger partial charge in [0.25, 0.3) is 5.56 Å². The Morgan fingerprint density at radius 3 is 2.61 bits per heavy atom. The Balaban J connectivity index is 1.91. The van der Waals surface area contributed by atoms with Crippen LogP contribution in [0.25, 0.3) is 11.1 Å². The minimum Gasteiger partial charge on any atom is -0.462 e. The van der Waals surface area contributed by atoms with Crippen molar-refractivity contribution in [3.8, 4) is 11.1 Å². The molecule has 144 valence electrons. The molecular formula is C20H17ClN2O4S. The Kier molecular flexibility index (Phi) is 6.28. The molecule has 1 aromatic carbocycles. The van der Waals surface area contributed by atoms with Crippen molar-refractivity contribution < 1.29 is 14.3 Å². The van der Waals surface area contributed by atoms with Crippen LogP contribution in [0.15, 0.2) is 58.8 Å². The number of benzene rings is 1. The average Bonchev–Trinajstić information content (AvgIpc) is 3.08. The third kappa shape index (κ3) is 4.49. The number of nitrogens with zero attached hydrogens (tertiary/aromatic N) is 1. The van der Waals surface area contributed by atoms with E-state index in [1.807, 2.05) is 0 Å². The number of hydrogen-bond donors (Lipinski definition) is 1. The van der Waals surface area contributed by atoms with E-state index in [4.69, 9.17) is 16.3 Å². The Morgan fingerprint density at radius 2 is 1.93 bits per heavy atom. The van der Waals surface area contributed by atoms with E-state index in [1.54, 1.807) is 48.7 Å². The first-order chi connectivity index (χ1) is 13.5. The number of aromatic nitrogens is 1. The summed E-state index contributed by atoms with van der Waals surface area (Å²) in [5, 5.41) is 5.45. The topological polar surface area (TPSA) is 77.4 Å². The van der Waals surface area contributed by atoms with Crippen LogP contribution in [0.2, 0.25) is 5.02 Å². The first-order valence-electron chi connectivity index (χ1n) is 8.49. The molecule has 0 aliphatic carbocycles. The van der Waals surface area contributed by atoms with Gasteiger partial charge in [-0.15, -0.1) is 11.3 Å². The molecule has 0 aliphatic heterocycles. The molecule has 0 bridgehead atoms. The number of rotatable bonds is 6. The fraction of sp³-hybridized carbons (Fsp3) is 0.150. The highest BCUT2D eigenvalue weighted by Crippen LogP contribution is 2.36. The number of halogens is 1. The summed E-state index contributed by atoms with van der Waals surface area (Å²) in [5.41, 5.74) is 1.43. The SMILES string of the molecule is CCOC(=O)c1c(-c2ccc(Cl)cc2)csc1NC(=O)Cn1ccccc1=O. The molecule has 0 unspecified atom stereocenters. The molecule has 3 rings (SSSR count). The Bertz CT molecular complexity index is 1060. The number of nitrogens with one attached hydrogen (secondary N) is 1. The lowest BCUT2D eigenvalue weighted by Gasteiger charge is -2.09. The molecule has 28 heavy (non-hydrogen) atoms. The second-order valence-electron chi connectivity index (χ2n) is 5.80. The highest BCUT2D eigenvalue weighted by Gasteiger charge is 2.23. The Morgan fingerprint density at radius 1 is 1.18 bits per heavy atom. The van der Waals surface area contributed by atoms with Gasteiger partial charge in [0.2, 0.25) is 5.91 Å². The van der Waals surface area contributed by atoms with Gasteiger partial charge in [0.1, 0.15) is 17.1 Å². The van der Waals surface area contributed by atoms with Gasteiger partial charge in [-0.05, 0) is 30.7 Å². The van der Waals surface area contributed by atoms with Gasteiger partial charge in [0.05, 0.1) is 6.61 Å². The number of amides is 1. The minimum absolute atomic E-state index is 0.157. The summed E-state index contributed by atoms with van der Waals surface area (Å²) in [4.78, 5) is 36.7. The van der Waals surface area contributed by atoms with E-state index >= 15 is 0 Å². The lowest BCUT2D eigenvalue weighted by atomic mass is 10.0. The molecule has 3 aromatic rings. The lowest BCUT2D eigenvalue weighted by molar-refractivity contribution is -0.116. The van der Waals surface area contributed by atoms with Gasteiger partial charge in [-0.2, -0.15) is 0 Å². The first-order valence-corrected chi connectivity index (χ1v) is 9.75. The van der Waals surface area contributed by atoms with Crippen molar-refractivity contribution in [1.82, 2.24) is 4.57 Å². The summed E-state index contributed by atoms with van der Waals surface area (Å²) >= 11 is 7.16. The number of esters is 1. The standard InChI is InChI=1S/C20H17ClN2O4S/c1-2-27-20(26)18-15(13-6-8-14(21)9-7-13)12-28-19(18)22-16(24)11-23-10-4-3-5-17(23)25/h3-10,12H,2,11H2,1H3,(H,22,24). The molecule has 0 aliphatic rings. The van der Waals surface area contributed by atoms with Crippen LogP contribution in [0.4, 0.5) is 5.00 Å². The number of ether oxygens (including phenoxy) is 1. The number of carbonyl (C=O) groups excluding carboxylic acids is 2. The van der Waals surface area contributed by atoms with Crippen LogP contribution in [-0.4, -0.2) is 23.1 Å². The largest absolute Gasteiger partial charge is 0.462 e. The quantitative estimate of drug-likeness (QED) is 0.615. The molecule has 6 nitrogen and oxygen atoms in total. The molecule has 0 spiro atoms. The van der Waals surface area contributed by atoms with Crippen molar-refractivity contribution in [3.63, 3.8) is 0 Å². The van der Waals surface area contributed by atoms with Crippen LogP contribution in [0.1, 0.15) is 17.3 Å². The van der Waals surface area contributed by atoms with Gasteiger partial charge in [-0.25, -0.2) is 4.79 Å². The number of hydrogen-bond acceptors (Lipinski definition) is 5. The summed E-state index contributed by atoms with van der Waals surface area (Å²) in [6.45, 7) is 1.77. The van der Waals surface area contributed by atoms with E-state index in [0.29, 0.717) is 15.6 Å². The fourth-order valence-electron chi connectivity index (χ4n) is 2.61. The average molecular weight is 417 g/mol. The van der Waals surface area contributed by atoms with Crippen LogP contribution in [0.3, 0.4) is 0 Å². The van der Waals surface area contributed by atoms with Gasteiger partial charge in [0.15, 0.2) is 0 Å². The molecule has 2 aromatic heterocycles. The second-order valence-corrected chi connectivity index (χ2v) is 7.11. The maximum absolute atomic E-state index is 12.5. The fourth-order valence-corrected chi connectivity index (χ4v) is 3.71. The molecule has 8 heteroatoms. The first kappa shape index (κ1) is 19.9. The van der Waals surface area contributed by atoms with Crippen molar-refractivity contribution in [2.45, 2.75) is 13.5 Å². The molecule has 0 saturated heterocycles. The van der Waals surface area contributed by atoms with E-state index in [-0.39, 0.29) is 24.3 Å². The highest BCUT2D eigenvalue weighted by molar-refractivity contribution is 7.15. The molecule has 1 amide bonds. The highest BCUT2D eigenvalue weighted by atomic mass is 35.5. The van der Waals surface area contributed by atoms with Gasteiger partial charge >= 0.3 is 5.97 Å². The summed E-state index contributed by atoms with van der Waals surface area (Å²) in [5.74, 6) is -0.941. The maximum Gasteiger partial charge on any atom is 0.341 e. The molecular weight excluding hydrogens is 400 g/mol. The van der Waals surface area contributed by atoms with Crippen molar-refractivity contribution >= 4 is 39.8 Å². The zero-order valence-electron chi connectivity index (χ0n) is 15.0. The van der Waals surface area contributed by atoms with Crippen molar-refractivity contribution in [2.24, 2.45) is 0 Å². The van der Waals surface area contributed by atoms with Gasteiger partial charge in [0, 0.05) is 28.2 Å². The molecule has 0 radical (unpaired) electrons. The van der Waals surface area contributed by atoms with Gasteiger partial charge < -0.3 is 14.6 Å². The van der Waals surface area contributed by atoms with Crippen LogP contribution < -0.4 is 10.9 Å². The Labute approximate surface area is 170 Å². The van der Waals surface area contributed by atoms with E-state index < -0.39 is 11.9 Å². The van der Waals surface area contributed by atoms with Crippen LogP contribution in [-0.2, 0) is 16.1 Å². The van der Waals surface area contributed by atoms with Crippen molar-refractivity contribution in [1.29, 1.82) is 0 Å². The second kappa shape index (κ2) is 8.86. The van der Waals surface area contributed by atoms with Gasteiger partial charge in [-0.3, -0.25) is 9.59 Å². The zero-order chi connectivity index (χ0) is 20.1. The van der Waals surface area contributed by atoms with E-state index in [2.05, 4.69) is 5.32 Å². The number of thiophene rings is 1. The predicted molar refractivity (Wildman–Crippen MR) is 110 cm³/mol. The monoisotopic (exact) mass is 416 g/mol. The van der Waals surface area contributed by atoms with Crippen LogP contribution in [0, 0.1) is 0 Å². The summed E-state index contributed by atoms with van der Waals surface area (Å²) in [7, 11) is 0. The maximum atomic E-state index is 12.5. The predicted octanol–water partition coefficient (Wildman–Crippen LogP) is 4.05. The molecule has 2 heterocycles. The summed E-state index contributed by atoms with van der Waals surface area (Å²) < 4.78 is 6.45. The van der Waals surface area contributed by atoms with Crippen molar-refractivity contribution in [3.05, 3.63) is 75.0 Å². The third-order valence-corrected chi connectivity index (χ3v) is 5.04. The van der Waals surface area contributed by atoms with E-state index in [0.717, 1.165) is 5.56 Å². The molecule has 0 atom stereocenters. The number of anilines is 1. The molecule has 1 N–H and O–H groups in total. The molecule has 0 saturated carbocycles. The normalized spacial score (nSPS) is 10.5. The van der Waals surface area contributed by atoms with Crippen LogP contribution in [0.5, 0.6) is 0 Å². The van der Waals surface area contributed by atoms with Gasteiger partial charge in [-0.1, -0.05) is 29.8 Å². The van der Waals surface area contributed by atoms with Crippen LogP contribution >= 0.6 is 22.9 Å². The summed E-state index contributed by atoms with van der Waals surface area (Å²) in [6, 6.07) is 11.7. The van der Waals surface area contributed by atoms with E-state index in [9.17, 15) is 14.4 Å². The number of pyridine rings is 1. The zero-order valence-corrected chi connectivity index (χ0v) is 16.5. The third-order valence-electron chi connectivity index (χ3n) is 3.89. The Hall–Kier alpha value is -2.90. The van der Waals surface area contributed by atoms with Crippen molar-refractivity contribution in [2.75, 3.05) is 11.9 Å². The number of carbonyl (C=O) groups is 2. The smallest absolute Gasteiger partial charge is 0.341 e. The molecule has 0 fully saturated rings. The summed E-state index contributed by atoms with van der Waals surface area (Å²) in [6.07, 6.45) is 1.53. The minimum atomic E-state index is -0.527. The lowest BCUT2D eigenvalue weighted by Crippen LogP contribution is -2.26.